The number of guanidine groups is 1. The Morgan fingerprint density at radius 3 is 2.54 bits per heavy atom. The highest BCUT2D eigenvalue weighted by atomic mass is 127. The van der Waals surface area contributed by atoms with E-state index in [1.54, 1.807) is 19.2 Å². The average Bonchev–Trinajstić information content (AvgIpc) is 2.52. The van der Waals surface area contributed by atoms with Gasteiger partial charge in [0.05, 0.1) is 30.9 Å². The third-order valence-electron chi connectivity index (χ3n) is 4.34. The molecule has 1 aliphatic rings. The van der Waals surface area contributed by atoms with Crippen molar-refractivity contribution in [1.29, 1.82) is 0 Å². The highest BCUT2D eigenvalue weighted by Gasteiger charge is 2.33. The number of anilines is 1. The summed E-state index contributed by atoms with van der Waals surface area (Å²) in [7, 11) is 1.58. The number of aliphatic imine (C=N–C) groups is 1. The second kappa shape index (κ2) is 9.96. The van der Waals surface area contributed by atoms with E-state index in [2.05, 4.69) is 42.9 Å². The van der Waals surface area contributed by atoms with Gasteiger partial charge in [-0.2, -0.15) is 0 Å². The fourth-order valence-corrected chi connectivity index (χ4v) is 3.24. The first-order valence-electron chi connectivity index (χ1n) is 8.52. The Kier molecular flexibility index (Phi) is 8.92. The second-order valence-corrected chi connectivity index (χ2v) is 7.56. The third-order valence-corrected chi connectivity index (χ3v) is 4.63. The number of nitrogens with two attached hydrogens (primary N) is 1. The molecule has 2 atom stereocenters. The molecule has 6 nitrogen and oxygen atoms in total. The Balaban J connectivity index is 0.00000338. The van der Waals surface area contributed by atoms with Crippen molar-refractivity contribution < 1.29 is 9.47 Å². The van der Waals surface area contributed by atoms with Gasteiger partial charge in [-0.3, -0.25) is 9.89 Å². The molecule has 2 rings (SSSR count). The molecule has 1 saturated heterocycles. The van der Waals surface area contributed by atoms with Gasteiger partial charge in [0, 0.05) is 24.3 Å². The number of benzene rings is 1. The van der Waals surface area contributed by atoms with Crippen LogP contribution in [0.2, 0.25) is 5.02 Å². The summed E-state index contributed by atoms with van der Waals surface area (Å²) in [6, 6.07) is 5.40. The molecule has 0 saturated carbocycles. The van der Waals surface area contributed by atoms with Crippen molar-refractivity contribution in [3.8, 4) is 5.75 Å². The van der Waals surface area contributed by atoms with Gasteiger partial charge in [0.15, 0.2) is 5.96 Å². The summed E-state index contributed by atoms with van der Waals surface area (Å²) in [5.41, 5.74) is 6.71. The number of hydrogen-bond acceptors (Lipinski definition) is 4. The quantitative estimate of drug-likeness (QED) is 0.370. The average molecular weight is 497 g/mol. The summed E-state index contributed by atoms with van der Waals surface area (Å²) in [5.74, 6) is 0.989. The van der Waals surface area contributed by atoms with Gasteiger partial charge in [-0.25, -0.2) is 0 Å². The number of morpholine rings is 1. The van der Waals surface area contributed by atoms with Gasteiger partial charge < -0.3 is 20.5 Å². The van der Waals surface area contributed by atoms with E-state index in [-0.39, 0.29) is 41.7 Å². The molecule has 2 unspecified atom stereocenters. The van der Waals surface area contributed by atoms with Crippen LogP contribution >= 0.6 is 35.6 Å². The van der Waals surface area contributed by atoms with Crippen molar-refractivity contribution >= 4 is 47.2 Å². The highest BCUT2D eigenvalue weighted by molar-refractivity contribution is 14.0. The van der Waals surface area contributed by atoms with Crippen LogP contribution in [-0.4, -0.2) is 55.4 Å². The first-order chi connectivity index (χ1) is 11.7. The van der Waals surface area contributed by atoms with Crippen LogP contribution in [0.1, 0.15) is 27.7 Å². The molecule has 0 aromatic heterocycles. The van der Waals surface area contributed by atoms with Gasteiger partial charge >= 0.3 is 0 Å². The lowest BCUT2D eigenvalue weighted by Gasteiger charge is -2.44. The monoisotopic (exact) mass is 496 g/mol. The van der Waals surface area contributed by atoms with Gasteiger partial charge in [0.2, 0.25) is 0 Å². The van der Waals surface area contributed by atoms with Crippen molar-refractivity contribution in [3.05, 3.63) is 23.2 Å². The van der Waals surface area contributed by atoms with Crippen molar-refractivity contribution in [2.24, 2.45) is 10.7 Å². The first-order valence-corrected chi connectivity index (χ1v) is 8.90. The maximum absolute atomic E-state index is 6.13. The van der Waals surface area contributed by atoms with E-state index in [1.807, 2.05) is 6.07 Å². The van der Waals surface area contributed by atoms with Gasteiger partial charge in [0.1, 0.15) is 5.75 Å². The fourth-order valence-electron chi connectivity index (χ4n) is 2.98. The number of rotatable bonds is 5. The molecule has 3 N–H and O–H groups in total. The number of nitrogens with zero attached hydrogens (tertiary/aromatic N) is 2. The minimum atomic E-state index is -0.101. The molecule has 0 radical (unpaired) electrons. The largest absolute Gasteiger partial charge is 0.495 e. The summed E-state index contributed by atoms with van der Waals surface area (Å²) in [6.45, 7) is 11.0. The lowest BCUT2D eigenvalue weighted by Crippen LogP contribution is -2.56. The topological polar surface area (TPSA) is 72.1 Å². The SMILES string of the molecule is COc1ccc(NC(N)=NCC(C)(C)N2CC(C)OC(C)C2)cc1Cl.I. The van der Waals surface area contributed by atoms with Crippen LogP contribution in [0.5, 0.6) is 5.75 Å². The number of hydrogen-bond donors (Lipinski definition) is 2. The molecule has 8 heteroatoms. The lowest BCUT2D eigenvalue weighted by atomic mass is 10.0. The minimum absolute atomic E-state index is 0. The minimum Gasteiger partial charge on any atom is -0.495 e. The number of halogens is 2. The van der Waals surface area contributed by atoms with Crippen LogP contribution in [0.25, 0.3) is 0 Å². The van der Waals surface area contributed by atoms with Gasteiger partial charge in [-0.05, 0) is 45.9 Å². The van der Waals surface area contributed by atoms with Crippen LogP contribution in [0.15, 0.2) is 23.2 Å². The van der Waals surface area contributed by atoms with Crippen LogP contribution in [0.3, 0.4) is 0 Å². The molecule has 0 aliphatic carbocycles. The number of methoxy groups -OCH3 is 1. The zero-order valence-corrected chi connectivity index (χ0v) is 19.2. The zero-order chi connectivity index (χ0) is 18.6. The zero-order valence-electron chi connectivity index (χ0n) is 16.1. The summed E-state index contributed by atoms with van der Waals surface area (Å²) in [5, 5.41) is 3.60. The molecular weight excluding hydrogens is 467 g/mol. The maximum Gasteiger partial charge on any atom is 0.193 e. The molecular formula is C18H30ClIN4O2. The molecule has 26 heavy (non-hydrogen) atoms. The molecule has 0 spiro atoms. The van der Waals surface area contributed by atoms with Gasteiger partial charge in [-0.15, -0.1) is 24.0 Å². The van der Waals surface area contributed by atoms with E-state index >= 15 is 0 Å². The Labute approximate surface area is 178 Å². The number of nitrogens with one attached hydrogen (secondary N) is 1. The summed E-state index contributed by atoms with van der Waals surface area (Å²) < 4.78 is 11.0. The molecule has 148 valence electrons. The van der Waals surface area contributed by atoms with Crippen LogP contribution < -0.4 is 15.8 Å². The summed E-state index contributed by atoms with van der Waals surface area (Å²) in [4.78, 5) is 6.92. The predicted molar refractivity (Wildman–Crippen MR) is 119 cm³/mol. The van der Waals surface area contributed by atoms with Crippen LogP contribution in [-0.2, 0) is 4.74 Å². The second-order valence-electron chi connectivity index (χ2n) is 7.15. The van der Waals surface area contributed by atoms with E-state index in [0.29, 0.717) is 23.3 Å². The lowest BCUT2D eigenvalue weighted by molar-refractivity contribution is -0.0939. The Morgan fingerprint density at radius 2 is 2.00 bits per heavy atom. The Bertz CT molecular complexity index is 617. The smallest absolute Gasteiger partial charge is 0.193 e. The predicted octanol–water partition coefficient (Wildman–Crippen LogP) is 3.58. The van der Waals surface area contributed by atoms with Crippen molar-refractivity contribution in [3.63, 3.8) is 0 Å². The molecule has 1 fully saturated rings. The molecule has 1 aliphatic heterocycles. The highest BCUT2D eigenvalue weighted by Crippen LogP contribution is 2.27. The van der Waals surface area contributed by atoms with Gasteiger partial charge in [0.25, 0.3) is 0 Å². The normalized spacial score (nSPS) is 21.8. The van der Waals surface area contributed by atoms with E-state index in [0.717, 1.165) is 18.8 Å². The molecule has 1 aromatic carbocycles. The number of ether oxygens (including phenoxy) is 2. The molecule has 1 heterocycles. The fraction of sp³-hybridized carbons (Fsp3) is 0.611. The van der Waals surface area contributed by atoms with Crippen molar-refractivity contribution in [2.75, 3.05) is 32.1 Å². The maximum atomic E-state index is 6.13. The Morgan fingerprint density at radius 1 is 1.38 bits per heavy atom. The van der Waals surface area contributed by atoms with E-state index in [4.69, 9.17) is 26.8 Å². The van der Waals surface area contributed by atoms with Crippen LogP contribution in [0, 0.1) is 0 Å². The van der Waals surface area contributed by atoms with Crippen molar-refractivity contribution in [1.82, 2.24) is 4.90 Å². The molecule has 0 bridgehead atoms. The molecule has 0 amide bonds. The van der Waals surface area contributed by atoms with E-state index < -0.39 is 0 Å². The van der Waals surface area contributed by atoms with E-state index in [9.17, 15) is 0 Å². The summed E-state index contributed by atoms with van der Waals surface area (Å²) in [6.07, 6.45) is 0.452. The van der Waals surface area contributed by atoms with Crippen LogP contribution in [0.4, 0.5) is 5.69 Å². The first kappa shape index (κ1) is 23.3. The summed E-state index contributed by atoms with van der Waals surface area (Å²) >= 11 is 6.13. The molecule has 1 aromatic rings. The van der Waals surface area contributed by atoms with Crippen molar-refractivity contribution in [2.45, 2.75) is 45.4 Å². The third kappa shape index (κ3) is 6.44. The van der Waals surface area contributed by atoms with E-state index in [1.165, 1.54) is 0 Å². The van der Waals surface area contributed by atoms with Gasteiger partial charge in [-0.1, -0.05) is 11.6 Å². The Hall–Kier alpha value is -0.770. The standard InChI is InChI=1S/C18H29ClN4O2.HI/c1-12-9-23(10-13(2)25-12)18(3,4)11-21-17(20)22-14-6-7-16(24-5)15(19)8-14;/h6-8,12-13H,9-11H2,1-5H3,(H3,20,21,22);1H.